The number of nitrogens with one attached hydrogen (secondary N) is 1. The van der Waals surface area contributed by atoms with Crippen molar-refractivity contribution < 1.29 is 17.6 Å². The summed E-state index contributed by atoms with van der Waals surface area (Å²) in [5.74, 6) is -0.908. The van der Waals surface area contributed by atoms with Gasteiger partial charge < -0.3 is 5.32 Å². The molecule has 0 spiro atoms. The second-order valence-corrected chi connectivity index (χ2v) is 8.07. The van der Waals surface area contributed by atoms with Crippen LogP contribution in [-0.4, -0.2) is 26.6 Å². The fraction of sp³-hybridized carbons (Fsp3) is 0.316. The Morgan fingerprint density at radius 3 is 2.12 bits per heavy atom. The molecule has 0 aromatic heterocycles. The molecule has 2 aromatic rings. The highest BCUT2D eigenvalue weighted by Crippen LogP contribution is 2.25. The zero-order valence-electron chi connectivity index (χ0n) is 15.3. The average Bonchev–Trinajstić information content (AvgIpc) is 2.56. The van der Waals surface area contributed by atoms with E-state index in [1.807, 2.05) is 32.0 Å². The van der Waals surface area contributed by atoms with E-state index in [2.05, 4.69) is 5.32 Å². The molecule has 2 rings (SSSR count). The van der Waals surface area contributed by atoms with E-state index in [1.165, 1.54) is 24.3 Å². The van der Waals surface area contributed by atoms with Crippen LogP contribution < -0.4 is 9.62 Å². The Hall–Kier alpha value is -2.41. The van der Waals surface area contributed by atoms with Gasteiger partial charge in [0.25, 0.3) is 0 Å². The zero-order chi connectivity index (χ0) is 19.5. The summed E-state index contributed by atoms with van der Waals surface area (Å²) in [5.41, 5.74) is 2.70. The highest BCUT2D eigenvalue weighted by molar-refractivity contribution is 7.92. The predicted molar refractivity (Wildman–Crippen MR) is 102 cm³/mol. The number of hydrogen-bond acceptors (Lipinski definition) is 3. The van der Waals surface area contributed by atoms with Gasteiger partial charge in [0.2, 0.25) is 15.9 Å². The number of carbonyl (C=O) groups is 1. The normalized spacial score (nSPS) is 12.5. The first kappa shape index (κ1) is 19.9. The molecule has 2 aromatic carbocycles. The van der Waals surface area contributed by atoms with Gasteiger partial charge in [-0.05, 0) is 55.7 Å². The summed E-state index contributed by atoms with van der Waals surface area (Å²) in [6.07, 6.45) is 1.30. The summed E-state index contributed by atoms with van der Waals surface area (Å²) < 4.78 is 39.0. The fourth-order valence-electron chi connectivity index (χ4n) is 2.87. The zero-order valence-corrected chi connectivity index (χ0v) is 16.1. The number of sulfonamides is 1. The van der Waals surface area contributed by atoms with Crippen molar-refractivity contribution in [3.05, 3.63) is 59.4 Å². The Balaban J connectivity index is 2.41. The van der Waals surface area contributed by atoms with Gasteiger partial charge in [-0.15, -0.1) is 0 Å². The Kier molecular flexibility index (Phi) is 6.02. The number of para-hydroxylation sites is 1. The molecule has 0 aliphatic heterocycles. The molecule has 140 valence electrons. The van der Waals surface area contributed by atoms with E-state index in [-0.39, 0.29) is 12.1 Å². The van der Waals surface area contributed by atoms with E-state index in [1.54, 1.807) is 6.92 Å². The van der Waals surface area contributed by atoms with E-state index in [0.717, 1.165) is 21.7 Å². The number of carbonyl (C=O) groups excluding carboxylic acids is 1. The summed E-state index contributed by atoms with van der Waals surface area (Å²) in [6, 6.07) is 9.73. The van der Waals surface area contributed by atoms with Crippen LogP contribution in [0.3, 0.4) is 0 Å². The topological polar surface area (TPSA) is 66.5 Å². The lowest BCUT2D eigenvalue weighted by molar-refractivity contribution is -0.117. The van der Waals surface area contributed by atoms with Gasteiger partial charge >= 0.3 is 0 Å². The maximum Gasteiger partial charge on any atom is 0.248 e. The third-order valence-electron chi connectivity index (χ3n) is 4.14. The SMILES string of the molecule is CCC(C(=O)Nc1c(C)cccc1C)N(c1ccc(F)cc1)S(C)(=O)=O. The number of aryl methyl sites for hydroxylation is 2. The average molecular weight is 378 g/mol. The van der Waals surface area contributed by atoms with Crippen LogP contribution in [0.2, 0.25) is 0 Å². The highest BCUT2D eigenvalue weighted by Gasteiger charge is 2.31. The monoisotopic (exact) mass is 378 g/mol. The molecule has 0 saturated carbocycles. The van der Waals surface area contributed by atoms with E-state index in [9.17, 15) is 17.6 Å². The molecule has 5 nitrogen and oxygen atoms in total. The van der Waals surface area contributed by atoms with Crippen LogP contribution in [0.5, 0.6) is 0 Å². The van der Waals surface area contributed by atoms with Crippen molar-refractivity contribution in [1.82, 2.24) is 0 Å². The number of anilines is 2. The van der Waals surface area contributed by atoms with Crippen LogP contribution in [0, 0.1) is 19.7 Å². The van der Waals surface area contributed by atoms with Crippen LogP contribution in [0.1, 0.15) is 24.5 Å². The van der Waals surface area contributed by atoms with E-state index < -0.39 is 27.8 Å². The molecule has 0 aliphatic carbocycles. The van der Waals surface area contributed by atoms with Crippen molar-refractivity contribution in [1.29, 1.82) is 0 Å². The van der Waals surface area contributed by atoms with Gasteiger partial charge in [0.1, 0.15) is 11.9 Å². The number of amides is 1. The van der Waals surface area contributed by atoms with Gasteiger partial charge in [-0.25, -0.2) is 12.8 Å². The minimum absolute atomic E-state index is 0.248. The second kappa shape index (κ2) is 7.86. The smallest absolute Gasteiger partial charge is 0.248 e. The third kappa shape index (κ3) is 4.40. The number of halogens is 1. The fourth-order valence-corrected chi connectivity index (χ4v) is 4.08. The Labute approximate surface area is 153 Å². The number of hydrogen-bond donors (Lipinski definition) is 1. The van der Waals surface area contributed by atoms with Gasteiger partial charge in [0.15, 0.2) is 0 Å². The molecule has 1 unspecified atom stereocenters. The van der Waals surface area contributed by atoms with Crippen molar-refractivity contribution in [2.75, 3.05) is 15.9 Å². The van der Waals surface area contributed by atoms with Crippen LogP contribution in [0.25, 0.3) is 0 Å². The second-order valence-electron chi connectivity index (χ2n) is 6.22. The standard InChI is InChI=1S/C19H23FN2O3S/c1-5-17(19(23)21-18-13(2)7-6-8-14(18)3)22(26(4,24)25)16-11-9-15(20)10-12-16/h6-12,17H,5H2,1-4H3,(H,21,23). The minimum Gasteiger partial charge on any atom is -0.324 e. The number of rotatable bonds is 6. The molecule has 26 heavy (non-hydrogen) atoms. The van der Waals surface area contributed by atoms with Gasteiger partial charge in [-0.1, -0.05) is 25.1 Å². The summed E-state index contributed by atoms with van der Waals surface area (Å²) in [6.45, 7) is 5.48. The molecule has 0 radical (unpaired) electrons. The number of benzene rings is 2. The number of nitrogens with zero attached hydrogens (tertiary/aromatic N) is 1. The maximum atomic E-state index is 13.2. The largest absolute Gasteiger partial charge is 0.324 e. The van der Waals surface area contributed by atoms with Gasteiger partial charge in [0.05, 0.1) is 11.9 Å². The predicted octanol–water partition coefficient (Wildman–Crippen LogP) is 3.63. The van der Waals surface area contributed by atoms with E-state index in [0.29, 0.717) is 5.69 Å². The Morgan fingerprint density at radius 1 is 1.12 bits per heavy atom. The molecule has 0 fully saturated rings. The molecule has 7 heteroatoms. The van der Waals surface area contributed by atoms with Crippen LogP contribution in [0.4, 0.5) is 15.8 Å². The third-order valence-corrected chi connectivity index (χ3v) is 5.32. The van der Waals surface area contributed by atoms with Crippen LogP contribution in [-0.2, 0) is 14.8 Å². The molecule has 0 bridgehead atoms. The molecule has 0 heterocycles. The Morgan fingerprint density at radius 2 is 1.65 bits per heavy atom. The minimum atomic E-state index is -3.75. The van der Waals surface area contributed by atoms with Gasteiger partial charge in [0, 0.05) is 5.69 Å². The molecular weight excluding hydrogens is 355 g/mol. The van der Waals surface area contributed by atoms with Crippen LogP contribution in [0.15, 0.2) is 42.5 Å². The van der Waals surface area contributed by atoms with Crippen molar-refractivity contribution in [2.45, 2.75) is 33.2 Å². The highest BCUT2D eigenvalue weighted by atomic mass is 32.2. The maximum absolute atomic E-state index is 13.2. The van der Waals surface area contributed by atoms with Crippen molar-refractivity contribution in [2.24, 2.45) is 0 Å². The first-order chi connectivity index (χ1) is 12.1. The van der Waals surface area contributed by atoms with Crippen molar-refractivity contribution in [3.8, 4) is 0 Å². The molecule has 0 aliphatic rings. The Bertz CT molecular complexity index is 875. The van der Waals surface area contributed by atoms with Crippen LogP contribution >= 0.6 is 0 Å². The van der Waals surface area contributed by atoms with E-state index in [4.69, 9.17) is 0 Å². The lowest BCUT2D eigenvalue weighted by Crippen LogP contribution is -2.47. The first-order valence-electron chi connectivity index (χ1n) is 8.27. The summed E-state index contributed by atoms with van der Waals surface area (Å²) in [7, 11) is -3.75. The summed E-state index contributed by atoms with van der Waals surface area (Å²) in [5, 5.41) is 2.84. The lowest BCUT2D eigenvalue weighted by Gasteiger charge is -2.30. The van der Waals surface area contributed by atoms with Gasteiger partial charge in [-0.3, -0.25) is 9.10 Å². The van der Waals surface area contributed by atoms with E-state index >= 15 is 0 Å². The molecular formula is C19H23FN2O3S. The summed E-state index contributed by atoms with van der Waals surface area (Å²) >= 11 is 0. The van der Waals surface area contributed by atoms with Crippen molar-refractivity contribution in [3.63, 3.8) is 0 Å². The quantitative estimate of drug-likeness (QED) is 0.835. The first-order valence-corrected chi connectivity index (χ1v) is 10.1. The molecule has 1 N–H and O–H groups in total. The van der Waals surface area contributed by atoms with Crippen molar-refractivity contribution >= 4 is 27.3 Å². The summed E-state index contributed by atoms with van der Waals surface area (Å²) in [4.78, 5) is 12.9. The lowest BCUT2D eigenvalue weighted by atomic mass is 10.1. The molecule has 1 amide bonds. The molecule has 1 atom stereocenters. The molecule has 0 saturated heterocycles. The van der Waals surface area contributed by atoms with Gasteiger partial charge in [-0.2, -0.15) is 0 Å².